The number of rotatable bonds is 0. The average Bonchev–Trinajstić information content (AvgIpc) is 2.04. The van der Waals surface area contributed by atoms with E-state index in [1.807, 2.05) is 12.2 Å². The van der Waals surface area contributed by atoms with Gasteiger partial charge in [-0.3, -0.25) is 5.11 Å². The molecule has 0 unspecified atom stereocenters. The molecule has 1 aliphatic rings. The molecule has 0 fully saturated rings. The Balaban J connectivity index is 2.54. The second-order valence-corrected chi connectivity index (χ2v) is 2.41. The van der Waals surface area contributed by atoms with Crippen molar-refractivity contribution < 1.29 is 9.84 Å². The number of hydrogen-bond acceptors (Lipinski definition) is 1. The molecule has 2 rings (SSSR count). The van der Waals surface area contributed by atoms with Crippen LogP contribution in [-0.4, -0.2) is 6.61 Å². The maximum absolute atomic E-state index is 10.9. The first-order chi connectivity index (χ1) is 5.36. The summed E-state index contributed by atoms with van der Waals surface area (Å²) in [5, 5.41) is 10.9. The predicted octanol–water partition coefficient (Wildman–Crippen LogP) is 2.24. The lowest BCUT2D eigenvalue weighted by molar-refractivity contribution is 0.344. The van der Waals surface area contributed by atoms with E-state index in [4.69, 9.17) is 4.74 Å². The minimum absolute atomic E-state index is 0.0268. The van der Waals surface area contributed by atoms with Crippen LogP contribution in [0.15, 0.2) is 24.3 Å². The Morgan fingerprint density at radius 3 is 3.18 bits per heavy atom. The zero-order chi connectivity index (χ0) is 7.68. The lowest BCUT2D eigenvalue weighted by Crippen LogP contribution is -1.99. The van der Waals surface area contributed by atoms with Crippen LogP contribution in [0.3, 0.4) is 0 Å². The minimum atomic E-state index is 0.0268. The molecule has 0 saturated carbocycles. The van der Waals surface area contributed by atoms with Crippen molar-refractivity contribution >= 4 is 6.08 Å². The van der Waals surface area contributed by atoms with Gasteiger partial charge in [-0.2, -0.15) is 0 Å². The number of ether oxygens (including phenoxy) is 1. The Labute approximate surface area is 64.7 Å². The molecule has 0 amide bonds. The Bertz CT molecular complexity index is 302. The molecule has 0 aliphatic carbocycles. The third-order valence-corrected chi connectivity index (χ3v) is 1.61. The maximum atomic E-state index is 10.9. The van der Waals surface area contributed by atoms with Crippen LogP contribution in [0.4, 0.5) is 0 Å². The lowest BCUT2D eigenvalue weighted by atomic mass is 10.1. The summed E-state index contributed by atoms with van der Waals surface area (Å²) in [7, 11) is 0. The molecule has 0 spiro atoms. The molecule has 0 N–H and O–H groups in total. The van der Waals surface area contributed by atoms with Gasteiger partial charge in [-0.1, -0.05) is 6.08 Å². The van der Waals surface area contributed by atoms with E-state index in [-0.39, 0.29) is 5.75 Å². The zero-order valence-electron chi connectivity index (χ0n) is 5.91. The van der Waals surface area contributed by atoms with Gasteiger partial charge in [0.05, 0.1) is 0 Å². The van der Waals surface area contributed by atoms with Crippen molar-refractivity contribution in [2.24, 2.45) is 0 Å². The topological polar surface area (TPSA) is 29.1 Å². The predicted molar refractivity (Wildman–Crippen MR) is 41.1 cm³/mol. The molecular weight excluding hydrogens is 140 g/mol. The highest BCUT2D eigenvalue weighted by molar-refractivity contribution is 5.61. The molecule has 55 valence electrons. The van der Waals surface area contributed by atoms with Gasteiger partial charge in [0.25, 0.3) is 0 Å². The van der Waals surface area contributed by atoms with Crippen LogP contribution in [-0.2, 0) is 5.11 Å². The molecule has 1 heterocycles. The normalized spacial score (nSPS) is 13.8. The molecule has 0 bridgehead atoms. The van der Waals surface area contributed by atoms with Crippen molar-refractivity contribution in [1.29, 1.82) is 0 Å². The van der Waals surface area contributed by atoms with Crippen LogP contribution in [0.5, 0.6) is 11.5 Å². The van der Waals surface area contributed by atoms with Crippen molar-refractivity contribution in [3.05, 3.63) is 29.8 Å². The summed E-state index contributed by atoms with van der Waals surface area (Å²) >= 11 is 0. The second-order valence-electron chi connectivity index (χ2n) is 2.41. The molecule has 1 radical (unpaired) electrons. The lowest BCUT2D eigenvalue weighted by Gasteiger charge is -2.10. The van der Waals surface area contributed by atoms with Gasteiger partial charge < -0.3 is 4.74 Å². The number of hydrogen-bond donors (Lipinski definition) is 0. The maximum Gasteiger partial charge on any atom is 0.179 e. The highest BCUT2D eigenvalue weighted by atomic mass is 16.5. The molecule has 1 aliphatic heterocycles. The third-order valence-electron chi connectivity index (χ3n) is 1.61. The van der Waals surface area contributed by atoms with Gasteiger partial charge in [-0.15, -0.1) is 0 Å². The second kappa shape index (κ2) is 2.31. The Hall–Kier alpha value is -1.44. The van der Waals surface area contributed by atoms with Crippen molar-refractivity contribution in [2.45, 2.75) is 0 Å². The smallest absolute Gasteiger partial charge is 0.179 e. The van der Waals surface area contributed by atoms with Crippen LogP contribution >= 0.6 is 0 Å². The molecule has 11 heavy (non-hydrogen) atoms. The van der Waals surface area contributed by atoms with E-state index >= 15 is 0 Å². The van der Waals surface area contributed by atoms with E-state index in [0.717, 1.165) is 11.3 Å². The molecule has 0 saturated heterocycles. The zero-order valence-corrected chi connectivity index (χ0v) is 5.91. The summed E-state index contributed by atoms with van der Waals surface area (Å²) in [5.74, 6) is 0.825. The van der Waals surface area contributed by atoms with Gasteiger partial charge in [-0.25, -0.2) is 0 Å². The van der Waals surface area contributed by atoms with E-state index in [2.05, 4.69) is 0 Å². The fraction of sp³-hybridized carbons (Fsp3) is 0.111. The van der Waals surface area contributed by atoms with Gasteiger partial charge in [0.1, 0.15) is 12.4 Å². The summed E-state index contributed by atoms with van der Waals surface area (Å²) in [4.78, 5) is 0. The Morgan fingerprint density at radius 1 is 1.36 bits per heavy atom. The minimum Gasteiger partial charge on any atom is -0.489 e. The number of benzene rings is 1. The Kier molecular flexibility index (Phi) is 1.32. The van der Waals surface area contributed by atoms with E-state index in [1.54, 1.807) is 12.1 Å². The fourth-order valence-corrected chi connectivity index (χ4v) is 1.10. The molecular formula is C9H7O2. The van der Waals surface area contributed by atoms with Crippen LogP contribution in [0.1, 0.15) is 5.56 Å². The fourth-order valence-electron chi connectivity index (χ4n) is 1.10. The Morgan fingerprint density at radius 2 is 2.27 bits per heavy atom. The van der Waals surface area contributed by atoms with Gasteiger partial charge in [-0.05, 0) is 24.3 Å². The molecule has 1 aromatic carbocycles. The molecule has 1 aromatic rings. The van der Waals surface area contributed by atoms with Crippen molar-refractivity contribution in [3.8, 4) is 11.5 Å². The molecule has 2 heteroatoms. The van der Waals surface area contributed by atoms with E-state index < -0.39 is 0 Å². The summed E-state index contributed by atoms with van der Waals surface area (Å²) in [6, 6.07) is 4.80. The van der Waals surface area contributed by atoms with Crippen molar-refractivity contribution in [1.82, 2.24) is 0 Å². The highest BCUT2D eigenvalue weighted by Crippen LogP contribution is 2.27. The summed E-state index contributed by atoms with van der Waals surface area (Å²) < 4.78 is 5.25. The van der Waals surface area contributed by atoms with Gasteiger partial charge in [0.2, 0.25) is 0 Å². The molecule has 2 nitrogen and oxygen atoms in total. The first-order valence-corrected chi connectivity index (χ1v) is 3.47. The van der Waals surface area contributed by atoms with E-state index in [0.29, 0.717) is 6.61 Å². The largest absolute Gasteiger partial charge is 0.489 e. The summed E-state index contributed by atoms with van der Waals surface area (Å²) in [6.45, 7) is 0.602. The first kappa shape index (κ1) is 6.28. The van der Waals surface area contributed by atoms with E-state index in [1.165, 1.54) is 6.07 Å². The van der Waals surface area contributed by atoms with Crippen molar-refractivity contribution in [2.75, 3.05) is 6.61 Å². The van der Waals surface area contributed by atoms with Crippen molar-refractivity contribution in [3.63, 3.8) is 0 Å². The summed E-state index contributed by atoms with van der Waals surface area (Å²) in [6.07, 6.45) is 3.79. The SMILES string of the molecule is [O]c1ccc2c(c1)C=CCO2. The van der Waals surface area contributed by atoms with Crippen LogP contribution in [0.2, 0.25) is 0 Å². The third kappa shape index (κ3) is 1.07. The molecule has 0 atom stereocenters. The quantitative estimate of drug-likeness (QED) is 0.553. The van der Waals surface area contributed by atoms with Gasteiger partial charge >= 0.3 is 0 Å². The van der Waals surface area contributed by atoms with Crippen LogP contribution in [0.25, 0.3) is 6.08 Å². The average molecular weight is 147 g/mol. The molecule has 0 aromatic heterocycles. The van der Waals surface area contributed by atoms with Gasteiger partial charge in [0, 0.05) is 5.56 Å². The number of fused-ring (bicyclic) bond motifs is 1. The van der Waals surface area contributed by atoms with E-state index in [9.17, 15) is 5.11 Å². The first-order valence-electron chi connectivity index (χ1n) is 3.47. The van der Waals surface area contributed by atoms with Crippen LogP contribution < -0.4 is 4.74 Å². The highest BCUT2D eigenvalue weighted by Gasteiger charge is 2.05. The summed E-state index contributed by atoms with van der Waals surface area (Å²) in [5.41, 5.74) is 0.878. The van der Waals surface area contributed by atoms with Gasteiger partial charge in [0.15, 0.2) is 5.75 Å². The van der Waals surface area contributed by atoms with Crippen LogP contribution in [0, 0.1) is 0 Å². The standard InChI is InChI=1S/C9H7O2/c10-8-3-4-9-7(6-8)2-1-5-11-9/h1-4,6H,5H2. The monoisotopic (exact) mass is 147 g/mol.